The SMILES string of the molecule is CNc1nc(N)nc2c1ncn2[C@@H]1O[C@H](CO[P@](=O)(N[C@@H](C)C=O)Oc2ccccc2)[C@@H](O)[C@@]1(C)F. The molecule has 6 atom stereocenters. The maximum Gasteiger partial charge on any atom is 0.459 e. The Bertz CT molecular complexity index is 1280. The highest BCUT2D eigenvalue weighted by Crippen LogP contribution is 2.48. The number of fused-ring (bicyclic) bond motifs is 1. The quantitative estimate of drug-likeness (QED) is 0.224. The molecule has 0 bridgehead atoms. The van der Waals surface area contributed by atoms with Gasteiger partial charge in [-0.05, 0) is 26.0 Å². The Morgan fingerprint density at radius 3 is 2.78 bits per heavy atom. The standard InChI is InChI=1S/C21H27FN7O6P/c1-12(9-30)28-36(32,35-13-7-5-4-6-8-13)33-10-14-16(31)21(2,22)19(34-14)29-11-25-15-17(24-3)26-20(23)27-18(15)29/h4-9,11-12,14,16,19,31H,10H2,1-3H3,(H,28,32)(H3,23,24,26,27)/t12-,14+,16+,19+,21+,36+/m0/s1. The maximum absolute atomic E-state index is 15.8. The summed E-state index contributed by atoms with van der Waals surface area (Å²) in [6, 6.07) is 7.29. The van der Waals surface area contributed by atoms with Gasteiger partial charge < -0.3 is 30.2 Å². The van der Waals surface area contributed by atoms with E-state index in [1.165, 1.54) is 17.8 Å². The highest BCUT2D eigenvalue weighted by molar-refractivity contribution is 7.52. The van der Waals surface area contributed by atoms with Gasteiger partial charge in [0.15, 0.2) is 28.9 Å². The summed E-state index contributed by atoms with van der Waals surface area (Å²) >= 11 is 0. The first-order valence-corrected chi connectivity index (χ1v) is 12.5. The Labute approximate surface area is 205 Å². The number of aliphatic hydroxyl groups excluding tert-OH is 1. The van der Waals surface area contributed by atoms with Crippen LogP contribution in [0.2, 0.25) is 0 Å². The molecule has 3 heterocycles. The number of aromatic nitrogens is 4. The van der Waals surface area contributed by atoms with Gasteiger partial charge in [-0.25, -0.2) is 19.0 Å². The number of nitrogen functional groups attached to an aromatic ring is 1. The highest BCUT2D eigenvalue weighted by atomic mass is 31.2. The fourth-order valence-electron chi connectivity index (χ4n) is 3.79. The summed E-state index contributed by atoms with van der Waals surface area (Å²) in [5, 5.41) is 16.1. The number of carbonyl (C=O) groups excluding carboxylic acids is 1. The number of benzene rings is 1. The topological polar surface area (TPSA) is 176 Å². The van der Waals surface area contributed by atoms with E-state index in [0.29, 0.717) is 17.6 Å². The number of alkyl halides is 1. The van der Waals surface area contributed by atoms with E-state index in [1.807, 2.05) is 0 Å². The second-order valence-corrected chi connectivity index (χ2v) is 10.1. The van der Waals surface area contributed by atoms with Crippen LogP contribution in [-0.2, 0) is 18.6 Å². The number of halogens is 1. The van der Waals surface area contributed by atoms with Gasteiger partial charge in [-0.2, -0.15) is 9.97 Å². The fourth-order valence-corrected chi connectivity index (χ4v) is 5.27. The summed E-state index contributed by atoms with van der Waals surface area (Å²) in [5.74, 6) is 0.488. The number of hydrogen-bond acceptors (Lipinski definition) is 11. The molecule has 1 fully saturated rings. The Morgan fingerprint density at radius 1 is 1.39 bits per heavy atom. The number of nitrogens with one attached hydrogen (secondary N) is 2. The lowest BCUT2D eigenvalue weighted by Gasteiger charge is -2.25. The summed E-state index contributed by atoms with van der Waals surface area (Å²) in [6.45, 7) is 2.10. The molecule has 36 heavy (non-hydrogen) atoms. The lowest BCUT2D eigenvalue weighted by molar-refractivity contribution is -0.109. The molecule has 0 aliphatic carbocycles. The van der Waals surface area contributed by atoms with Crippen molar-refractivity contribution in [3.8, 4) is 5.75 Å². The summed E-state index contributed by atoms with van der Waals surface area (Å²) in [6.07, 6.45) is -2.49. The molecule has 0 radical (unpaired) electrons. The molecule has 2 aromatic heterocycles. The van der Waals surface area contributed by atoms with Crippen LogP contribution in [0.3, 0.4) is 0 Å². The lowest BCUT2D eigenvalue weighted by Crippen LogP contribution is -2.41. The number of anilines is 2. The Hall–Kier alpha value is -3.16. The zero-order valence-corrected chi connectivity index (χ0v) is 20.6. The van der Waals surface area contributed by atoms with Crippen LogP contribution in [0.5, 0.6) is 5.75 Å². The van der Waals surface area contributed by atoms with E-state index in [2.05, 4.69) is 25.4 Å². The van der Waals surface area contributed by atoms with Gasteiger partial charge in [0.1, 0.15) is 24.2 Å². The average molecular weight is 523 g/mol. The zero-order chi connectivity index (χ0) is 26.1. The molecule has 0 spiro atoms. The van der Waals surface area contributed by atoms with Crippen molar-refractivity contribution in [1.82, 2.24) is 24.6 Å². The number of rotatable bonds is 10. The molecular formula is C21H27FN7O6P. The van der Waals surface area contributed by atoms with Gasteiger partial charge in [0.2, 0.25) is 5.95 Å². The van der Waals surface area contributed by atoms with E-state index in [9.17, 15) is 14.5 Å². The second-order valence-electron chi connectivity index (χ2n) is 8.38. The maximum atomic E-state index is 15.8. The molecule has 5 N–H and O–H groups in total. The molecular weight excluding hydrogens is 496 g/mol. The van der Waals surface area contributed by atoms with Crippen molar-refractivity contribution in [1.29, 1.82) is 0 Å². The molecule has 15 heteroatoms. The molecule has 1 saturated heterocycles. The summed E-state index contributed by atoms with van der Waals surface area (Å²) in [7, 11) is -2.51. The van der Waals surface area contributed by atoms with Crippen molar-refractivity contribution in [3.63, 3.8) is 0 Å². The molecule has 1 aliphatic rings. The zero-order valence-electron chi connectivity index (χ0n) is 19.7. The van der Waals surface area contributed by atoms with Gasteiger partial charge in [0, 0.05) is 7.05 Å². The number of aliphatic hydroxyl groups is 1. The van der Waals surface area contributed by atoms with Gasteiger partial charge >= 0.3 is 7.75 Å². The summed E-state index contributed by atoms with van der Waals surface area (Å²) in [4.78, 5) is 23.5. The van der Waals surface area contributed by atoms with Crippen molar-refractivity contribution in [2.24, 2.45) is 0 Å². The smallest absolute Gasteiger partial charge is 0.413 e. The van der Waals surface area contributed by atoms with Crippen molar-refractivity contribution in [2.75, 3.05) is 24.7 Å². The van der Waals surface area contributed by atoms with Crippen LogP contribution in [0, 0.1) is 0 Å². The number of nitrogens with zero attached hydrogens (tertiary/aromatic N) is 4. The normalized spacial score (nSPS) is 26.4. The average Bonchev–Trinajstić information content (AvgIpc) is 3.35. The van der Waals surface area contributed by atoms with E-state index in [1.54, 1.807) is 37.4 Å². The third kappa shape index (κ3) is 5.04. The molecule has 3 aromatic rings. The van der Waals surface area contributed by atoms with Crippen LogP contribution < -0.4 is 20.7 Å². The highest BCUT2D eigenvalue weighted by Gasteiger charge is 2.56. The first-order chi connectivity index (χ1) is 17.1. The molecule has 4 rings (SSSR count). The minimum Gasteiger partial charge on any atom is -0.413 e. The van der Waals surface area contributed by atoms with Gasteiger partial charge in [0.25, 0.3) is 0 Å². The van der Waals surface area contributed by atoms with Crippen molar-refractivity contribution >= 4 is 37.0 Å². The predicted octanol–water partition coefficient (Wildman–Crippen LogP) is 1.82. The van der Waals surface area contributed by atoms with Crippen LogP contribution in [0.1, 0.15) is 20.1 Å². The first-order valence-electron chi connectivity index (χ1n) is 11.0. The van der Waals surface area contributed by atoms with Crippen molar-refractivity contribution in [3.05, 3.63) is 36.7 Å². The minimum atomic E-state index is -4.13. The summed E-state index contributed by atoms with van der Waals surface area (Å²) < 4.78 is 47.3. The second kappa shape index (κ2) is 10.1. The van der Waals surface area contributed by atoms with Crippen LogP contribution in [0.4, 0.5) is 16.2 Å². The number of aldehydes is 1. The fraction of sp³-hybridized carbons (Fsp3) is 0.429. The molecule has 1 aromatic carbocycles. The van der Waals surface area contributed by atoms with Crippen molar-refractivity contribution in [2.45, 2.75) is 44.0 Å². The van der Waals surface area contributed by atoms with Crippen LogP contribution in [0.15, 0.2) is 36.7 Å². The molecule has 0 saturated carbocycles. The van der Waals surface area contributed by atoms with E-state index in [4.69, 9.17) is 19.5 Å². The predicted molar refractivity (Wildman–Crippen MR) is 128 cm³/mol. The molecule has 194 valence electrons. The number of ether oxygens (including phenoxy) is 1. The number of para-hydroxylation sites is 1. The largest absolute Gasteiger partial charge is 0.459 e. The molecule has 1 aliphatic heterocycles. The number of imidazole rings is 1. The van der Waals surface area contributed by atoms with Crippen LogP contribution >= 0.6 is 7.75 Å². The van der Waals surface area contributed by atoms with E-state index < -0.39 is 44.5 Å². The first kappa shape index (κ1) is 25.9. The number of carbonyl (C=O) groups is 1. The Kier molecular flexibility index (Phi) is 7.25. The van der Waals surface area contributed by atoms with Gasteiger partial charge in [-0.1, -0.05) is 18.2 Å². The monoisotopic (exact) mass is 523 g/mol. The van der Waals surface area contributed by atoms with Gasteiger partial charge in [-0.15, -0.1) is 0 Å². The van der Waals surface area contributed by atoms with E-state index in [0.717, 1.165) is 6.92 Å². The Morgan fingerprint density at radius 2 is 2.11 bits per heavy atom. The number of nitrogens with two attached hydrogens (primary N) is 1. The summed E-state index contributed by atoms with van der Waals surface area (Å²) in [5.41, 5.74) is 3.97. The van der Waals surface area contributed by atoms with Gasteiger partial charge in [0.05, 0.1) is 19.0 Å². The third-order valence-corrected chi connectivity index (χ3v) is 7.25. The van der Waals surface area contributed by atoms with E-state index >= 15 is 4.39 Å². The van der Waals surface area contributed by atoms with Crippen LogP contribution in [0.25, 0.3) is 11.2 Å². The lowest BCUT2D eigenvalue weighted by atomic mass is 9.98. The molecule has 0 amide bonds. The van der Waals surface area contributed by atoms with Crippen molar-refractivity contribution < 1.29 is 32.6 Å². The van der Waals surface area contributed by atoms with Crippen LogP contribution in [-0.4, -0.2) is 68.5 Å². The van der Waals surface area contributed by atoms with E-state index in [-0.39, 0.29) is 17.3 Å². The number of hydrogen-bond donors (Lipinski definition) is 4. The molecule has 0 unspecified atom stereocenters. The minimum absolute atomic E-state index is 0.0676. The Balaban J connectivity index is 1.57. The van der Waals surface area contributed by atoms with Gasteiger partial charge in [-0.3, -0.25) is 9.09 Å². The molecule has 13 nitrogen and oxygen atoms in total. The third-order valence-electron chi connectivity index (χ3n) is 5.59.